The van der Waals surface area contributed by atoms with Gasteiger partial charge in [0, 0.05) is 12.8 Å². The van der Waals surface area contributed by atoms with Gasteiger partial charge in [0.05, 0.1) is 25.9 Å². The van der Waals surface area contributed by atoms with E-state index in [1.165, 1.54) is 38.5 Å². The molecule has 0 radical (unpaired) electrons. The molecular formula is C48H77O11P. The van der Waals surface area contributed by atoms with Crippen LogP contribution in [0.4, 0.5) is 0 Å². The Kier molecular flexibility index (Phi) is 39.9. The van der Waals surface area contributed by atoms with Crippen LogP contribution in [0.3, 0.4) is 0 Å². The highest BCUT2D eigenvalue weighted by molar-refractivity contribution is 7.47. The average molecular weight is 861 g/mol. The topological polar surface area (TPSA) is 169 Å². The molecule has 0 heterocycles. The number of unbranched alkanes of at least 4 members (excludes halogenated alkanes) is 6. The molecule has 0 fully saturated rings. The standard InChI is InChI=1S/C48H77O11P/c1-3-5-7-9-11-13-15-17-18-19-20-21-22-24-26-28-30-32-34-38-47(52)56-42-46(43-58-60(54,55)57-41-45(51)40-49)59-48(53)39-35-37-44(50)36-33-31-29-27-25-23-16-14-12-10-8-6-4-2/h11-14,17-18,20-21,23-26,29-33,36,44-46,49-51H,3-10,15-16,19,22,27-28,34-35,37-43H2,1-2H3,(H,54,55)/b13-11-,14-12-,18-17-,21-20-,25-23-,26-24-,31-29-,32-30-,36-33+/t44-,45-,46+/m0/s1. The summed E-state index contributed by atoms with van der Waals surface area (Å²) in [7, 11) is -4.70. The number of phosphoric ester groups is 1. The number of hydrogen-bond acceptors (Lipinski definition) is 10. The zero-order valence-corrected chi connectivity index (χ0v) is 37.4. The number of carbonyl (C=O) groups excluding carboxylic acids is 2. The van der Waals surface area contributed by atoms with Gasteiger partial charge < -0.3 is 29.7 Å². The van der Waals surface area contributed by atoms with Gasteiger partial charge in [0.2, 0.25) is 0 Å². The molecule has 4 N–H and O–H groups in total. The predicted molar refractivity (Wildman–Crippen MR) is 243 cm³/mol. The predicted octanol–water partition coefficient (Wildman–Crippen LogP) is 10.7. The Balaban J connectivity index is 4.63. The van der Waals surface area contributed by atoms with Crippen molar-refractivity contribution in [2.45, 2.75) is 154 Å². The van der Waals surface area contributed by atoms with Gasteiger partial charge in [-0.2, -0.15) is 0 Å². The maximum Gasteiger partial charge on any atom is 0.472 e. The fourth-order valence-corrected chi connectivity index (χ4v) is 5.87. The van der Waals surface area contributed by atoms with E-state index in [0.717, 1.165) is 51.4 Å². The number of ether oxygens (including phenoxy) is 2. The maximum absolute atomic E-state index is 12.6. The molecule has 60 heavy (non-hydrogen) atoms. The molecule has 0 aliphatic carbocycles. The van der Waals surface area contributed by atoms with Crippen LogP contribution in [0.25, 0.3) is 0 Å². The third-order valence-corrected chi connectivity index (χ3v) is 9.47. The molecule has 4 atom stereocenters. The summed E-state index contributed by atoms with van der Waals surface area (Å²) >= 11 is 0. The van der Waals surface area contributed by atoms with Crippen LogP contribution >= 0.6 is 7.82 Å². The monoisotopic (exact) mass is 861 g/mol. The van der Waals surface area contributed by atoms with E-state index in [-0.39, 0.29) is 12.8 Å². The van der Waals surface area contributed by atoms with Gasteiger partial charge in [-0.15, -0.1) is 0 Å². The lowest BCUT2D eigenvalue weighted by atomic mass is 10.1. The van der Waals surface area contributed by atoms with Crippen LogP contribution in [0, 0.1) is 0 Å². The van der Waals surface area contributed by atoms with Crippen molar-refractivity contribution in [3.63, 3.8) is 0 Å². The first-order valence-corrected chi connectivity index (χ1v) is 23.4. The van der Waals surface area contributed by atoms with E-state index >= 15 is 0 Å². The summed E-state index contributed by atoms with van der Waals surface area (Å²) in [5.74, 6) is -1.24. The number of phosphoric acid groups is 1. The van der Waals surface area contributed by atoms with Crippen LogP contribution in [0.15, 0.2) is 109 Å². The summed E-state index contributed by atoms with van der Waals surface area (Å²) in [6.07, 6.45) is 49.5. The highest BCUT2D eigenvalue weighted by atomic mass is 31.2. The lowest BCUT2D eigenvalue weighted by Gasteiger charge is -2.20. The summed E-state index contributed by atoms with van der Waals surface area (Å²) in [6.45, 7) is 1.99. The molecule has 0 saturated heterocycles. The molecule has 0 aromatic carbocycles. The Bertz CT molecular complexity index is 1380. The molecule has 0 aliphatic heterocycles. The van der Waals surface area contributed by atoms with Gasteiger partial charge in [0.1, 0.15) is 12.7 Å². The van der Waals surface area contributed by atoms with Gasteiger partial charge in [-0.05, 0) is 83.5 Å². The quantitative estimate of drug-likeness (QED) is 0.0153. The highest BCUT2D eigenvalue weighted by Crippen LogP contribution is 2.43. The van der Waals surface area contributed by atoms with Gasteiger partial charge in [-0.25, -0.2) is 4.57 Å². The van der Waals surface area contributed by atoms with Crippen molar-refractivity contribution in [2.75, 3.05) is 26.4 Å². The fourth-order valence-electron chi connectivity index (χ4n) is 5.08. The van der Waals surface area contributed by atoms with Crippen LogP contribution in [-0.2, 0) is 32.7 Å². The zero-order chi connectivity index (χ0) is 44.2. The second kappa shape index (κ2) is 42.3. The van der Waals surface area contributed by atoms with Crippen molar-refractivity contribution in [1.29, 1.82) is 0 Å². The number of allylic oxidation sites excluding steroid dienone is 17. The number of hydrogen-bond donors (Lipinski definition) is 4. The van der Waals surface area contributed by atoms with E-state index in [1.807, 2.05) is 24.3 Å². The largest absolute Gasteiger partial charge is 0.472 e. The minimum Gasteiger partial charge on any atom is -0.462 e. The van der Waals surface area contributed by atoms with Crippen LogP contribution in [-0.4, -0.2) is 76.9 Å². The van der Waals surface area contributed by atoms with Gasteiger partial charge in [-0.3, -0.25) is 18.6 Å². The fraction of sp³-hybridized carbons (Fsp3) is 0.583. The molecule has 0 amide bonds. The molecule has 0 rings (SSSR count). The molecule has 0 bridgehead atoms. The average Bonchev–Trinajstić information content (AvgIpc) is 3.23. The molecule has 12 heteroatoms. The lowest BCUT2D eigenvalue weighted by molar-refractivity contribution is -0.161. The molecule has 0 aromatic rings. The minimum atomic E-state index is -4.70. The van der Waals surface area contributed by atoms with Gasteiger partial charge in [0.25, 0.3) is 0 Å². The Hall–Kier alpha value is -3.41. The van der Waals surface area contributed by atoms with Crippen molar-refractivity contribution in [2.24, 2.45) is 0 Å². The number of esters is 2. The van der Waals surface area contributed by atoms with Crippen LogP contribution in [0.2, 0.25) is 0 Å². The van der Waals surface area contributed by atoms with E-state index in [4.69, 9.17) is 19.1 Å². The molecule has 0 spiro atoms. The smallest absolute Gasteiger partial charge is 0.462 e. The van der Waals surface area contributed by atoms with Crippen LogP contribution < -0.4 is 0 Å². The Morgan fingerprint density at radius 3 is 1.57 bits per heavy atom. The number of carbonyl (C=O) groups is 2. The van der Waals surface area contributed by atoms with E-state index in [2.05, 4.69) is 91.3 Å². The van der Waals surface area contributed by atoms with Crippen molar-refractivity contribution < 1.29 is 52.9 Å². The van der Waals surface area contributed by atoms with Crippen molar-refractivity contribution in [1.82, 2.24) is 0 Å². The third-order valence-electron chi connectivity index (χ3n) is 8.52. The summed E-state index contributed by atoms with van der Waals surface area (Å²) in [6, 6.07) is 0. The Morgan fingerprint density at radius 2 is 1.05 bits per heavy atom. The zero-order valence-electron chi connectivity index (χ0n) is 36.5. The molecule has 11 nitrogen and oxygen atoms in total. The Morgan fingerprint density at radius 1 is 0.567 bits per heavy atom. The number of aliphatic hydroxyl groups excluding tert-OH is 3. The van der Waals surface area contributed by atoms with Crippen molar-refractivity contribution in [3.8, 4) is 0 Å². The minimum absolute atomic E-state index is 0.0662. The van der Waals surface area contributed by atoms with Crippen molar-refractivity contribution >= 4 is 19.8 Å². The van der Waals surface area contributed by atoms with E-state index < -0.39 is 64.5 Å². The van der Waals surface area contributed by atoms with Crippen LogP contribution in [0.5, 0.6) is 0 Å². The second-order valence-corrected chi connectivity index (χ2v) is 15.7. The van der Waals surface area contributed by atoms with Crippen LogP contribution in [0.1, 0.15) is 136 Å². The molecule has 1 unspecified atom stereocenters. The molecule has 340 valence electrons. The van der Waals surface area contributed by atoms with E-state index in [1.54, 1.807) is 12.2 Å². The van der Waals surface area contributed by atoms with Gasteiger partial charge >= 0.3 is 19.8 Å². The summed E-state index contributed by atoms with van der Waals surface area (Å²) in [5.41, 5.74) is 0. The number of rotatable bonds is 39. The first-order chi connectivity index (χ1) is 29.1. The lowest BCUT2D eigenvalue weighted by Crippen LogP contribution is -2.30. The molecule has 0 saturated carbocycles. The summed E-state index contributed by atoms with van der Waals surface area (Å²) < 4.78 is 32.5. The first-order valence-electron chi connectivity index (χ1n) is 22.0. The first kappa shape index (κ1) is 56.6. The normalized spacial score (nSPS) is 15.4. The SMILES string of the molecule is CCCCC/C=C\C/C=C\C/C=C\C=C\[C@H](O)CCCC(=O)O[C@H](COC(=O)CC/C=C\C/C=C\C/C=C\C/C=C\C/C=C\CCCCC)COP(=O)(O)OC[C@@H](O)CO. The van der Waals surface area contributed by atoms with E-state index in [0.29, 0.717) is 19.3 Å². The van der Waals surface area contributed by atoms with Gasteiger partial charge in [-0.1, -0.05) is 149 Å². The van der Waals surface area contributed by atoms with E-state index in [9.17, 15) is 29.3 Å². The maximum atomic E-state index is 12.6. The highest BCUT2D eigenvalue weighted by Gasteiger charge is 2.27. The van der Waals surface area contributed by atoms with Gasteiger partial charge in [0.15, 0.2) is 6.10 Å². The third kappa shape index (κ3) is 41.3. The van der Waals surface area contributed by atoms with Crippen molar-refractivity contribution in [3.05, 3.63) is 109 Å². The molecule has 0 aromatic heterocycles. The number of aliphatic hydroxyl groups is 3. The Labute approximate surface area is 361 Å². The molecule has 0 aliphatic rings. The summed E-state index contributed by atoms with van der Waals surface area (Å²) in [4.78, 5) is 35.0. The molecular weight excluding hydrogens is 783 g/mol. The second-order valence-electron chi connectivity index (χ2n) is 14.2. The summed E-state index contributed by atoms with van der Waals surface area (Å²) in [5, 5.41) is 28.6.